The standard InChI is InChI=1S/C6H7NO2/c8-4-5-3-7-2-1-6(5)9/h7H,1-3H2. The first kappa shape index (κ1) is 6.20. The lowest BCUT2D eigenvalue weighted by molar-refractivity contribution is -0.116. The number of nitrogens with one attached hydrogen (secondary N) is 1. The Balaban J connectivity index is 2.71. The lowest BCUT2D eigenvalue weighted by atomic mass is 10.1. The molecule has 0 bridgehead atoms. The maximum absolute atomic E-state index is 10.7. The van der Waals surface area contributed by atoms with Crippen LogP contribution in [0, 0.1) is 0 Å². The van der Waals surface area contributed by atoms with Gasteiger partial charge in [-0.2, -0.15) is 0 Å². The second-order valence-electron chi connectivity index (χ2n) is 1.93. The lowest BCUT2D eigenvalue weighted by Crippen LogP contribution is -2.30. The second kappa shape index (κ2) is 2.58. The molecule has 3 heteroatoms. The van der Waals surface area contributed by atoms with Gasteiger partial charge in [0.05, 0.1) is 5.57 Å². The summed E-state index contributed by atoms with van der Waals surface area (Å²) >= 11 is 0. The monoisotopic (exact) mass is 125 g/mol. The van der Waals surface area contributed by atoms with Crippen LogP contribution in [0.2, 0.25) is 0 Å². The minimum Gasteiger partial charge on any atom is -0.311 e. The average Bonchev–Trinajstić information content (AvgIpc) is 1.89. The number of Topliss-reactive ketones (excluding diaryl/α,β-unsaturated/α-hetero) is 1. The highest BCUT2D eigenvalue weighted by Gasteiger charge is 2.14. The fourth-order valence-corrected chi connectivity index (χ4v) is 0.758. The number of rotatable bonds is 0. The normalized spacial score (nSPS) is 19.6. The third-order valence-electron chi connectivity index (χ3n) is 1.29. The molecular weight excluding hydrogens is 118 g/mol. The Bertz CT molecular complexity index is 179. The molecule has 0 aliphatic carbocycles. The summed E-state index contributed by atoms with van der Waals surface area (Å²) in [4.78, 5) is 20.6. The summed E-state index contributed by atoms with van der Waals surface area (Å²) in [6.07, 6.45) is 0.435. The van der Waals surface area contributed by atoms with Crippen molar-refractivity contribution < 1.29 is 9.59 Å². The van der Waals surface area contributed by atoms with Gasteiger partial charge in [-0.05, 0) is 0 Å². The summed E-state index contributed by atoms with van der Waals surface area (Å²) in [7, 11) is 0. The molecule has 1 aliphatic heterocycles. The molecule has 0 aromatic heterocycles. The Morgan fingerprint density at radius 3 is 2.78 bits per heavy atom. The van der Waals surface area contributed by atoms with Crippen molar-refractivity contribution >= 4 is 11.7 Å². The summed E-state index contributed by atoms with van der Waals surface area (Å²) in [6.45, 7) is 1.08. The molecule has 0 aromatic carbocycles. The van der Waals surface area contributed by atoms with Gasteiger partial charge in [0.2, 0.25) is 0 Å². The zero-order valence-electron chi connectivity index (χ0n) is 4.94. The highest BCUT2D eigenvalue weighted by molar-refractivity contribution is 6.03. The van der Waals surface area contributed by atoms with Crippen LogP contribution >= 0.6 is 0 Å². The molecule has 1 rings (SSSR count). The van der Waals surface area contributed by atoms with Gasteiger partial charge in [0.15, 0.2) is 5.78 Å². The maximum atomic E-state index is 10.7. The fraction of sp³-hybridized carbons (Fsp3) is 0.500. The third-order valence-corrected chi connectivity index (χ3v) is 1.29. The smallest absolute Gasteiger partial charge is 0.172 e. The van der Waals surface area contributed by atoms with Crippen LogP contribution in [-0.4, -0.2) is 24.8 Å². The molecule has 0 atom stereocenters. The van der Waals surface area contributed by atoms with E-state index in [9.17, 15) is 9.59 Å². The molecular formula is C6H7NO2. The molecule has 9 heavy (non-hydrogen) atoms. The van der Waals surface area contributed by atoms with Crippen molar-refractivity contribution in [1.82, 2.24) is 5.32 Å². The molecule has 1 saturated heterocycles. The van der Waals surface area contributed by atoms with E-state index in [0.29, 0.717) is 19.5 Å². The van der Waals surface area contributed by atoms with E-state index in [1.165, 1.54) is 0 Å². The summed E-state index contributed by atoms with van der Waals surface area (Å²) in [6, 6.07) is 0. The predicted octanol–water partition coefficient (Wildman–Crippen LogP) is -0.693. The van der Waals surface area contributed by atoms with Crippen LogP contribution in [0.5, 0.6) is 0 Å². The van der Waals surface area contributed by atoms with Crippen molar-refractivity contribution in [3.63, 3.8) is 0 Å². The van der Waals surface area contributed by atoms with Crippen LogP contribution in [0.15, 0.2) is 5.57 Å². The minimum absolute atomic E-state index is 0.0660. The van der Waals surface area contributed by atoms with Crippen molar-refractivity contribution in [3.8, 4) is 0 Å². The van der Waals surface area contributed by atoms with E-state index >= 15 is 0 Å². The lowest BCUT2D eigenvalue weighted by Gasteiger charge is -2.09. The van der Waals surface area contributed by atoms with Gasteiger partial charge in [-0.15, -0.1) is 0 Å². The van der Waals surface area contributed by atoms with Crippen molar-refractivity contribution in [3.05, 3.63) is 5.57 Å². The molecule has 1 fully saturated rings. The molecule has 0 saturated carbocycles. The number of carbonyl (C=O) groups is 1. The number of carbonyl (C=O) groups excluding carboxylic acids is 2. The van der Waals surface area contributed by atoms with Crippen LogP contribution in [0.4, 0.5) is 0 Å². The molecule has 0 unspecified atom stereocenters. The largest absolute Gasteiger partial charge is 0.311 e. The molecule has 3 nitrogen and oxygen atoms in total. The van der Waals surface area contributed by atoms with Crippen LogP contribution in [0.25, 0.3) is 0 Å². The number of ketones is 1. The van der Waals surface area contributed by atoms with Gasteiger partial charge in [-0.25, -0.2) is 4.79 Å². The average molecular weight is 125 g/mol. The van der Waals surface area contributed by atoms with E-state index in [1.54, 1.807) is 5.94 Å². The maximum Gasteiger partial charge on any atom is 0.172 e. The Morgan fingerprint density at radius 1 is 1.56 bits per heavy atom. The summed E-state index contributed by atoms with van der Waals surface area (Å²) in [5.74, 6) is 1.54. The first-order valence-electron chi connectivity index (χ1n) is 2.82. The molecule has 0 amide bonds. The van der Waals surface area contributed by atoms with Crippen molar-refractivity contribution in [2.24, 2.45) is 0 Å². The zero-order chi connectivity index (χ0) is 6.69. The number of hydrogen-bond acceptors (Lipinski definition) is 3. The van der Waals surface area contributed by atoms with Crippen LogP contribution in [-0.2, 0) is 9.59 Å². The molecule has 1 N–H and O–H groups in total. The number of hydrogen-bond donors (Lipinski definition) is 1. The van der Waals surface area contributed by atoms with Crippen molar-refractivity contribution in [2.45, 2.75) is 6.42 Å². The molecule has 0 aromatic rings. The molecule has 0 spiro atoms. The Hall–Kier alpha value is -0.920. The molecule has 0 radical (unpaired) electrons. The van der Waals surface area contributed by atoms with Gasteiger partial charge < -0.3 is 5.32 Å². The van der Waals surface area contributed by atoms with Gasteiger partial charge in [0, 0.05) is 19.5 Å². The minimum atomic E-state index is -0.0660. The summed E-state index contributed by atoms with van der Waals surface area (Å²) in [5, 5.41) is 2.90. The van der Waals surface area contributed by atoms with E-state index in [1.807, 2.05) is 0 Å². The van der Waals surface area contributed by atoms with Gasteiger partial charge in [0.1, 0.15) is 5.94 Å². The molecule has 48 valence electrons. The third kappa shape index (κ3) is 1.25. The van der Waals surface area contributed by atoms with Crippen LogP contribution in [0.3, 0.4) is 0 Å². The second-order valence-corrected chi connectivity index (χ2v) is 1.93. The summed E-state index contributed by atoms with van der Waals surface area (Å²) < 4.78 is 0. The highest BCUT2D eigenvalue weighted by Crippen LogP contribution is 1.98. The first-order valence-corrected chi connectivity index (χ1v) is 2.82. The molecule has 1 heterocycles. The van der Waals surface area contributed by atoms with E-state index in [2.05, 4.69) is 5.32 Å². The fourth-order valence-electron chi connectivity index (χ4n) is 0.758. The van der Waals surface area contributed by atoms with Gasteiger partial charge in [0.25, 0.3) is 0 Å². The molecule has 1 aliphatic rings. The SMILES string of the molecule is O=C=C1CNCCC1=O. The van der Waals surface area contributed by atoms with Crippen molar-refractivity contribution in [2.75, 3.05) is 13.1 Å². The quantitative estimate of drug-likeness (QED) is 0.344. The number of piperidine rings is 1. The van der Waals surface area contributed by atoms with Crippen molar-refractivity contribution in [1.29, 1.82) is 0 Å². The van der Waals surface area contributed by atoms with Gasteiger partial charge in [-0.3, -0.25) is 4.79 Å². The van der Waals surface area contributed by atoms with E-state index in [4.69, 9.17) is 0 Å². The van der Waals surface area contributed by atoms with Crippen LogP contribution < -0.4 is 5.32 Å². The predicted molar refractivity (Wildman–Crippen MR) is 31.7 cm³/mol. The van der Waals surface area contributed by atoms with E-state index in [-0.39, 0.29) is 11.4 Å². The first-order chi connectivity index (χ1) is 4.34. The van der Waals surface area contributed by atoms with Crippen LogP contribution in [0.1, 0.15) is 6.42 Å². The summed E-state index contributed by atoms with van der Waals surface area (Å²) in [5.41, 5.74) is 0.251. The Kier molecular flexibility index (Phi) is 1.78. The topological polar surface area (TPSA) is 46.2 Å². The Morgan fingerprint density at radius 2 is 2.33 bits per heavy atom. The van der Waals surface area contributed by atoms with Gasteiger partial charge in [-0.1, -0.05) is 0 Å². The van der Waals surface area contributed by atoms with E-state index in [0.717, 1.165) is 0 Å². The van der Waals surface area contributed by atoms with E-state index < -0.39 is 0 Å². The highest BCUT2D eigenvalue weighted by atomic mass is 16.1. The Labute approximate surface area is 52.7 Å². The van der Waals surface area contributed by atoms with Gasteiger partial charge >= 0.3 is 0 Å². The zero-order valence-corrected chi connectivity index (χ0v) is 4.94.